The van der Waals surface area contributed by atoms with Gasteiger partial charge in [0.1, 0.15) is 12.6 Å². The number of nitrogens with zero attached hydrogens (tertiary/aromatic N) is 2. The molecule has 0 spiro atoms. The predicted octanol–water partition coefficient (Wildman–Crippen LogP) is 4.20. The number of nitrogens with one attached hydrogen (secondary N) is 1. The highest BCUT2D eigenvalue weighted by Gasteiger charge is 2.31. The summed E-state index contributed by atoms with van der Waals surface area (Å²) in [6.45, 7) is 5.10. The van der Waals surface area contributed by atoms with Gasteiger partial charge in [-0.05, 0) is 68.5 Å². The second-order valence-electron chi connectivity index (χ2n) is 9.37. The molecule has 0 saturated heterocycles. The van der Waals surface area contributed by atoms with Crippen LogP contribution in [-0.4, -0.2) is 50.0 Å². The second kappa shape index (κ2) is 11.4. The molecule has 0 radical (unpaired) electrons. The summed E-state index contributed by atoms with van der Waals surface area (Å²) in [5.41, 5.74) is 2.87. The number of halogens is 1. The molecule has 1 atom stereocenters. The molecule has 0 heterocycles. The number of hydrogen-bond donors (Lipinski definition) is 1. The number of carbonyl (C=O) groups excluding carboxylic acids is 2. The number of carbonyl (C=O) groups is 2. The van der Waals surface area contributed by atoms with Crippen LogP contribution in [0, 0.1) is 13.8 Å². The van der Waals surface area contributed by atoms with Gasteiger partial charge in [-0.3, -0.25) is 13.9 Å². The van der Waals surface area contributed by atoms with Crippen molar-refractivity contribution in [2.24, 2.45) is 0 Å². The summed E-state index contributed by atoms with van der Waals surface area (Å²) in [6.07, 6.45) is 5.09. The Labute approximate surface area is 213 Å². The van der Waals surface area contributed by atoms with Crippen LogP contribution in [0.1, 0.15) is 49.3 Å². The van der Waals surface area contributed by atoms with Gasteiger partial charge in [0.15, 0.2) is 0 Å². The Morgan fingerprint density at radius 1 is 1.09 bits per heavy atom. The molecule has 1 fully saturated rings. The van der Waals surface area contributed by atoms with Crippen LogP contribution in [0.2, 0.25) is 5.02 Å². The molecule has 0 aromatic heterocycles. The van der Waals surface area contributed by atoms with E-state index in [0.717, 1.165) is 52.9 Å². The Kier molecular flexibility index (Phi) is 8.83. The van der Waals surface area contributed by atoms with Crippen molar-refractivity contribution in [2.45, 2.75) is 65.1 Å². The lowest BCUT2D eigenvalue weighted by molar-refractivity contribution is -0.139. The molecule has 0 unspecified atom stereocenters. The Morgan fingerprint density at radius 2 is 1.71 bits per heavy atom. The third-order valence-corrected chi connectivity index (χ3v) is 7.83. The number of hydrogen-bond acceptors (Lipinski definition) is 4. The second-order valence-corrected chi connectivity index (χ2v) is 11.7. The first kappa shape index (κ1) is 27.0. The first-order valence-corrected chi connectivity index (χ1v) is 14.1. The molecule has 7 nitrogen and oxygen atoms in total. The van der Waals surface area contributed by atoms with E-state index in [9.17, 15) is 18.0 Å². The standard InChI is InChI=1S/C26H34ClN3O4S/c1-18-9-10-19(2)24(15-18)30(35(4,33)34)17-25(31)29(16-21-11-13-22(27)14-12-21)20(3)26(32)28-23-7-5-6-8-23/h9-15,20,23H,5-8,16-17H2,1-4H3,(H,28,32)/t20-/m1/s1. The molecule has 0 bridgehead atoms. The summed E-state index contributed by atoms with van der Waals surface area (Å²) in [7, 11) is -3.76. The first-order valence-electron chi connectivity index (χ1n) is 11.8. The number of benzene rings is 2. The van der Waals surface area contributed by atoms with Gasteiger partial charge in [0.25, 0.3) is 0 Å². The molecule has 2 aromatic rings. The third kappa shape index (κ3) is 7.21. The van der Waals surface area contributed by atoms with Gasteiger partial charge in [0.2, 0.25) is 21.8 Å². The predicted molar refractivity (Wildman–Crippen MR) is 140 cm³/mol. The van der Waals surface area contributed by atoms with Gasteiger partial charge in [0.05, 0.1) is 11.9 Å². The summed E-state index contributed by atoms with van der Waals surface area (Å²) >= 11 is 6.02. The van der Waals surface area contributed by atoms with Gasteiger partial charge in [-0.25, -0.2) is 8.42 Å². The van der Waals surface area contributed by atoms with Crippen LogP contribution in [0.4, 0.5) is 5.69 Å². The number of anilines is 1. The summed E-state index contributed by atoms with van der Waals surface area (Å²) in [5.74, 6) is -0.697. The lowest BCUT2D eigenvalue weighted by atomic mass is 10.1. The van der Waals surface area contributed by atoms with E-state index in [2.05, 4.69) is 5.32 Å². The van der Waals surface area contributed by atoms with Crippen molar-refractivity contribution in [3.8, 4) is 0 Å². The van der Waals surface area contributed by atoms with Gasteiger partial charge in [-0.1, -0.05) is 48.7 Å². The van der Waals surface area contributed by atoms with Crippen molar-refractivity contribution < 1.29 is 18.0 Å². The highest BCUT2D eigenvalue weighted by atomic mass is 35.5. The Bertz CT molecular complexity index is 1160. The normalized spacial score (nSPS) is 15.0. The van der Waals surface area contributed by atoms with Crippen molar-refractivity contribution >= 4 is 39.1 Å². The highest BCUT2D eigenvalue weighted by molar-refractivity contribution is 7.92. The minimum Gasteiger partial charge on any atom is -0.352 e. The van der Waals surface area contributed by atoms with Crippen molar-refractivity contribution in [3.05, 3.63) is 64.2 Å². The number of amides is 2. The highest BCUT2D eigenvalue weighted by Crippen LogP contribution is 2.25. The van der Waals surface area contributed by atoms with Crippen LogP contribution >= 0.6 is 11.6 Å². The first-order chi connectivity index (χ1) is 16.5. The van der Waals surface area contributed by atoms with Crippen LogP contribution in [0.15, 0.2) is 42.5 Å². The Morgan fingerprint density at radius 3 is 2.31 bits per heavy atom. The van der Waals surface area contributed by atoms with Crippen molar-refractivity contribution in [1.29, 1.82) is 0 Å². The van der Waals surface area contributed by atoms with E-state index in [0.29, 0.717) is 10.7 Å². The van der Waals surface area contributed by atoms with E-state index in [1.54, 1.807) is 44.2 Å². The van der Waals surface area contributed by atoms with E-state index < -0.39 is 28.5 Å². The minimum absolute atomic E-state index is 0.111. The Hall–Kier alpha value is -2.58. The van der Waals surface area contributed by atoms with E-state index in [1.165, 1.54) is 4.90 Å². The topological polar surface area (TPSA) is 86.8 Å². The summed E-state index contributed by atoms with van der Waals surface area (Å²) in [6, 6.07) is 11.8. The summed E-state index contributed by atoms with van der Waals surface area (Å²) in [4.78, 5) is 28.2. The molecule has 35 heavy (non-hydrogen) atoms. The molecule has 2 amide bonds. The minimum atomic E-state index is -3.76. The molecule has 190 valence electrons. The van der Waals surface area contributed by atoms with E-state index in [1.807, 2.05) is 19.1 Å². The average molecular weight is 520 g/mol. The van der Waals surface area contributed by atoms with Gasteiger partial charge in [0, 0.05) is 17.6 Å². The maximum atomic E-state index is 13.6. The van der Waals surface area contributed by atoms with Crippen LogP contribution < -0.4 is 9.62 Å². The lowest BCUT2D eigenvalue weighted by Gasteiger charge is -2.32. The quantitative estimate of drug-likeness (QED) is 0.538. The van der Waals surface area contributed by atoms with E-state index in [4.69, 9.17) is 11.6 Å². The maximum Gasteiger partial charge on any atom is 0.244 e. The van der Waals surface area contributed by atoms with Crippen LogP contribution in [0.3, 0.4) is 0 Å². The van der Waals surface area contributed by atoms with Gasteiger partial charge in [-0.2, -0.15) is 0 Å². The molecule has 1 aliphatic rings. The molecule has 0 aliphatic heterocycles. The molecule has 1 N–H and O–H groups in total. The number of rotatable bonds is 9. The van der Waals surface area contributed by atoms with Gasteiger partial charge >= 0.3 is 0 Å². The zero-order valence-electron chi connectivity index (χ0n) is 20.8. The fourth-order valence-electron chi connectivity index (χ4n) is 4.34. The van der Waals surface area contributed by atoms with E-state index in [-0.39, 0.29) is 18.5 Å². The van der Waals surface area contributed by atoms with Crippen LogP contribution in [-0.2, 0) is 26.2 Å². The maximum absolute atomic E-state index is 13.6. The van der Waals surface area contributed by atoms with Gasteiger partial charge < -0.3 is 10.2 Å². The molecule has 2 aromatic carbocycles. The van der Waals surface area contributed by atoms with Crippen molar-refractivity contribution in [2.75, 3.05) is 17.1 Å². The zero-order chi connectivity index (χ0) is 25.8. The average Bonchev–Trinajstić information content (AvgIpc) is 3.30. The molecule has 1 saturated carbocycles. The molecule has 3 rings (SSSR count). The fraction of sp³-hybridized carbons (Fsp3) is 0.462. The van der Waals surface area contributed by atoms with E-state index >= 15 is 0 Å². The summed E-state index contributed by atoms with van der Waals surface area (Å²) in [5, 5.41) is 3.62. The molecule has 1 aliphatic carbocycles. The third-order valence-electron chi connectivity index (χ3n) is 6.45. The van der Waals surface area contributed by atoms with Crippen LogP contribution in [0.5, 0.6) is 0 Å². The van der Waals surface area contributed by atoms with Crippen molar-refractivity contribution in [3.63, 3.8) is 0 Å². The smallest absolute Gasteiger partial charge is 0.244 e. The van der Waals surface area contributed by atoms with Crippen LogP contribution in [0.25, 0.3) is 0 Å². The number of aryl methyl sites for hydroxylation is 2. The summed E-state index contributed by atoms with van der Waals surface area (Å²) < 4.78 is 26.6. The SMILES string of the molecule is Cc1ccc(C)c(N(CC(=O)N(Cc2ccc(Cl)cc2)[C@H](C)C(=O)NC2CCCC2)S(C)(=O)=O)c1. The monoisotopic (exact) mass is 519 g/mol. The molecular weight excluding hydrogens is 486 g/mol. The van der Waals surface area contributed by atoms with Gasteiger partial charge in [-0.15, -0.1) is 0 Å². The lowest BCUT2D eigenvalue weighted by Crippen LogP contribution is -2.52. The molecular formula is C26H34ClN3O4S. The zero-order valence-corrected chi connectivity index (χ0v) is 22.3. The number of sulfonamides is 1. The molecule has 9 heteroatoms. The van der Waals surface area contributed by atoms with Crippen molar-refractivity contribution in [1.82, 2.24) is 10.2 Å². The Balaban J connectivity index is 1.90. The largest absolute Gasteiger partial charge is 0.352 e. The fourth-order valence-corrected chi connectivity index (χ4v) is 5.37.